The fourth-order valence-corrected chi connectivity index (χ4v) is 4.01. The fourth-order valence-electron chi connectivity index (χ4n) is 4.01. The van der Waals surface area contributed by atoms with Gasteiger partial charge in [-0.25, -0.2) is 4.79 Å². The molecule has 2 aromatic carbocycles. The summed E-state index contributed by atoms with van der Waals surface area (Å²) in [5, 5.41) is 23.9. The molecule has 0 bridgehead atoms. The minimum absolute atomic E-state index is 0.107. The van der Waals surface area contributed by atoms with Gasteiger partial charge in [-0.2, -0.15) is 0 Å². The van der Waals surface area contributed by atoms with Crippen LogP contribution in [-0.4, -0.2) is 31.8 Å². The Morgan fingerprint density at radius 1 is 1.26 bits per heavy atom. The number of rotatable bonds is 5. The van der Waals surface area contributed by atoms with E-state index in [-0.39, 0.29) is 23.5 Å². The highest BCUT2D eigenvalue weighted by atomic mass is 16.3. The molecule has 142 valence electrons. The predicted molar refractivity (Wildman–Crippen MR) is 105 cm³/mol. The van der Waals surface area contributed by atoms with Gasteiger partial charge >= 0.3 is 5.69 Å². The lowest BCUT2D eigenvalue weighted by Gasteiger charge is -2.26. The van der Waals surface area contributed by atoms with Crippen molar-refractivity contribution in [2.24, 2.45) is 0 Å². The summed E-state index contributed by atoms with van der Waals surface area (Å²) in [4.78, 5) is 15.1. The Balaban J connectivity index is 1.46. The number of phenolic OH excluding ortho intramolecular Hbond substituents is 1. The van der Waals surface area contributed by atoms with E-state index in [2.05, 4.69) is 17.2 Å². The molecule has 27 heavy (non-hydrogen) atoms. The number of phenols is 1. The van der Waals surface area contributed by atoms with E-state index < -0.39 is 6.10 Å². The van der Waals surface area contributed by atoms with Crippen LogP contribution >= 0.6 is 0 Å². The highest BCUT2D eigenvalue weighted by Gasteiger charge is 2.29. The number of benzene rings is 2. The Hall–Kier alpha value is -2.57. The van der Waals surface area contributed by atoms with Crippen LogP contribution in [0.5, 0.6) is 5.75 Å². The van der Waals surface area contributed by atoms with E-state index in [0.29, 0.717) is 13.0 Å². The van der Waals surface area contributed by atoms with Crippen molar-refractivity contribution < 1.29 is 10.2 Å². The molecular formula is C21H25N3O3. The van der Waals surface area contributed by atoms with Gasteiger partial charge < -0.3 is 20.5 Å². The average Bonchev–Trinajstić information content (AvgIpc) is 2.91. The molecule has 0 spiro atoms. The van der Waals surface area contributed by atoms with Crippen LogP contribution in [-0.2, 0) is 13.0 Å². The SMILES string of the molecule is C[C@H](CCc1ccc(O)cc1)N[C@@H]1CCn2c(=O)[nH]c3cccc(c32)[C@H]1O. The van der Waals surface area contributed by atoms with Gasteiger partial charge in [0, 0.05) is 24.2 Å². The number of hydrogen-bond acceptors (Lipinski definition) is 4. The number of imidazole rings is 1. The van der Waals surface area contributed by atoms with E-state index in [1.165, 1.54) is 5.56 Å². The molecule has 6 heteroatoms. The molecule has 0 amide bonds. The molecular weight excluding hydrogens is 342 g/mol. The predicted octanol–water partition coefficient (Wildman–Crippen LogP) is 2.45. The maximum Gasteiger partial charge on any atom is 0.326 e. The van der Waals surface area contributed by atoms with Crippen molar-refractivity contribution in [3.8, 4) is 5.75 Å². The van der Waals surface area contributed by atoms with E-state index in [0.717, 1.165) is 29.4 Å². The van der Waals surface area contributed by atoms with Gasteiger partial charge in [-0.15, -0.1) is 0 Å². The van der Waals surface area contributed by atoms with Gasteiger partial charge in [-0.05, 0) is 49.9 Å². The lowest BCUT2D eigenvalue weighted by molar-refractivity contribution is 0.119. The summed E-state index contributed by atoms with van der Waals surface area (Å²) in [5.74, 6) is 0.277. The fraction of sp³-hybridized carbons (Fsp3) is 0.381. The van der Waals surface area contributed by atoms with E-state index in [9.17, 15) is 15.0 Å². The number of H-pyrrole nitrogens is 1. The Morgan fingerprint density at radius 2 is 2.04 bits per heavy atom. The third-order valence-electron chi connectivity index (χ3n) is 5.49. The zero-order chi connectivity index (χ0) is 19.0. The Morgan fingerprint density at radius 3 is 2.81 bits per heavy atom. The van der Waals surface area contributed by atoms with Crippen LogP contribution < -0.4 is 11.0 Å². The van der Waals surface area contributed by atoms with Crippen molar-refractivity contribution in [1.29, 1.82) is 0 Å². The Kier molecular flexibility index (Phi) is 4.76. The third-order valence-corrected chi connectivity index (χ3v) is 5.49. The van der Waals surface area contributed by atoms with Crippen molar-refractivity contribution >= 4 is 11.0 Å². The zero-order valence-corrected chi connectivity index (χ0v) is 15.4. The summed E-state index contributed by atoms with van der Waals surface area (Å²) < 4.78 is 1.73. The second-order valence-corrected chi connectivity index (χ2v) is 7.44. The van der Waals surface area contributed by atoms with Crippen molar-refractivity contribution in [3.05, 3.63) is 64.1 Å². The van der Waals surface area contributed by atoms with Crippen LogP contribution in [0.3, 0.4) is 0 Å². The second-order valence-electron chi connectivity index (χ2n) is 7.44. The average molecular weight is 367 g/mol. The summed E-state index contributed by atoms with van der Waals surface area (Å²) >= 11 is 0. The van der Waals surface area contributed by atoms with Crippen LogP contribution in [0, 0.1) is 0 Å². The third kappa shape index (κ3) is 3.50. The zero-order valence-electron chi connectivity index (χ0n) is 15.4. The monoisotopic (exact) mass is 367 g/mol. The molecule has 0 saturated carbocycles. The molecule has 3 aromatic rings. The molecule has 2 heterocycles. The number of nitrogens with one attached hydrogen (secondary N) is 2. The normalized spacial score (nSPS) is 20.5. The van der Waals surface area contributed by atoms with Crippen molar-refractivity contribution in [1.82, 2.24) is 14.9 Å². The first-order valence-corrected chi connectivity index (χ1v) is 9.46. The van der Waals surface area contributed by atoms with E-state index in [4.69, 9.17) is 0 Å². The minimum atomic E-state index is -0.659. The molecule has 1 aliphatic heterocycles. The highest BCUT2D eigenvalue weighted by Crippen LogP contribution is 2.30. The standard InChI is InChI=1S/C21H25N3O3/c1-13(5-6-14-7-9-15(25)10-8-14)22-18-11-12-24-19-16(20(18)26)3-2-4-17(19)23-21(24)27/h2-4,7-10,13,18,20,22,25-26H,5-6,11-12H2,1H3,(H,23,27)/t13-,18-,20-/m1/s1. The van der Waals surface area contributed by atoms with Gasteiger partial charge in [-0.3, -0.25) is 4.57 Å². The van der Waals surface area contributed by atoms with Gasteiger partial charge in [0.1, 0.15) is 5.75 Å². The molecule has 0 fully saturated rings. The van der Waals surface area contributed by atoms with E-state index >= 15 is 0 Å². The van der Waals surface area contributed by atoms with E-state index in [1.54, 1.807) is 16.7 Å². The van der Waals surface area contributed by atoms with Gasteiger partial charge in [0.05, 0.1) is 17.1 Å². The molecule has 3 atom stereocenters. The summed E-state index contributed by atoms with van der Waals surface area (Å²) in [6.07, 6.45) is 1.85. The topological polar surface area (TPSA) is 90.3 Å². The number of aromatic hydroxyl groups is 1. The molecule has 0 aliphatic carbocycles. The maximum absolute atomic E-state index is 12.2. The maximum atomic E-state index is 12.2. The minimum Gasteiger partial charge on any atom is -0.508 e. The smallest absolute Gasteiger partial charge is 0.326 e. The number of hydrogen-bond donors (Lipinski definition) is 4. The summed E-state index contributed by atoms with van der Waals surface area (Å²) in [6.45, 7) is 2.70. The number of aliphatic hydroxyl groups is 1. The van der Waals surface area contributed by atoms with Gasteiger partial charge in [0.15, 0.2) is 0 Å². The second kappa shape index (κ2) is 7.21. The summed E-state index contributed by atoms with van der Waals surface area (Å²) in [6, 6.07) is 13.0. The number of nitrogens with zero attached hydrogens (tertiary/aromatic N) is 1. The van der Waals surface area contributed by atoms with E-state index in [1.807, 2.05) is 30.3 Å². The number of aromatic amines is 1. The molecule has 4 N–H and O–H groups in total. The molecule has 0 radical (unpaired) electrons. The van der Waals surface area contributed by atoms with Crippen molar-refractivity contribution in [2.75, 3.05) is 0 Å². The number of aryl methyl sites for hydroxylation is 2. The summed E-state index contributed by atoms with van der Waals surface area (Å²) in [7, 11) is 0. The van der Waals surface area contributed by atoms with Crippen molar-refractivity contribution in [2.45, 2.75) is 50.9 Å². The quantitative estimate of drug-likeness (QED) is 0.558. The summed E-state index contributed by atoms with van der Waals surface area (Å²) in [5.41, 5.74) is 3.45. The number of para-hydroxylation sites is 1. The first-order chi connectivity index (χ1) is 13.0. The first-order valence-electron chi connectivity index (χ1n) is 9.46. The van der Waals surface area contributed by atoms with Crippen molar-refractivity contribution in [3.63, 3.8) is 0 Å². The molecule has 0 saturated heterocycles. The number of aromatic nitrogens is 2. The van der Waals surface area contributed by atoms with Crippen LogP contribution in [0.2, 0.25) is 0 Å². The highest BCUT2D eigenvalue weighted by molar-refractivity contribution is 5.79. The van der Waals surface area contributed by atoms with Crippen LogP contribution in [0.4, 0.5) is 0 Å². The van der Waals surface area contributed by atoms with Crippen LogP contribution in [0.1, 0.15) is 37.0 Å². The lowest BCUT2D eigenvalue weighted by Crippen LogP contribution is -2.41. The molecule has 4 rings (SSSR count). The van der Waals surface area contributed by atoms with Crippen LogP contribution in [0.25, 0.3) is 11.0 Å². The number of aliphatic hydroxyl groups excluding tert-OH is 1. The lowest BCUT2D eigenvalue weighted by atomic mass is 9.98. The van der Waals surface area contributed by atoms with Crippen LogP contribution in [0.15, 0.2) is 47.3 Å². The molecule has 0 unspecified atom stereocenters. The Labute approximate surface area is 157 Å². The largest absolute Gasteiger partial charge is 0.508 e. The Bertz CT molecular complexity index is 990. The molecule has 1 aliphatic rings. The van der Waals surface area contributed by atoms with Gasteiger partial charge in [0.2, 0.25) is 0 Å². The first kappa shape index (κ1) is 17.8. The molecule has 1 aromatic heterocycles. The molecule has 6 nitrogen and oxygen atoms in total. The van der Waals surface area contributed by atoms with Gasteiger partial charge in [-0.1, -0.05) is 24.3 Å². The van der Waals surface area contributed by atoms with Gasteiger partial charge in [0.25, 0.3) is 0 Å².